The molecule has 0 saturated carbocycles. The lowest BCUT2D eigenvalue weighted by atomic mass is 9.78. The summed E-state index contributed by atoms with van der Waals surface area (Å²) in [5, 5.41) is 4.26. The molecule has 2 rings (SSSR count). The molecule has 0 N–H and O–H groups in total. The fourth-order valence-corrected chi connectivity index (χ4v) is 3.23. The van der Waals surface area contributed by atoms with Crippen molar-refractivity contribution in [2.45, 2.75) is 45.8 Å². The van der Waals surface area contributed by atoms with Gasteiger partial charge in [0.2, 0.25) is 0 Å². The van der Waals surface area contributed by atoms with E-state index in [1.54, 1.807) is 23.1 Å². The van der Waals surface area contributed by atoms with E-state index in [1.165, 1.54) is 4.88 Å². The Morgan fingerprint density at radius 3 is 2.42 bits per heavy atom. The molecule has 0 aromatic carbocycles. The van der Waals surface area contributed by atoms with Crippen LogP contribution in [0.3, 0.4) is 0 Å². The van der Waals surface area contributed by atoms with Crippen LogP contribution in [0.4, 0.5) is 0 Å². The summed E-state index contributed by atoms with van der Waals surface area (Å²) >= 11 is 3.51. The van der Waals surface area contributed by atoms with Crippen molar-refractivity contribution in [3.8, 4) is 0 Å². The Hall–Kier alpha value is -0.225. The van der Waals surface area contributed by atoms with Crippen molar-refractivity contribution >= 4 is 35.7 Å². The average molecular weight is 296 g/mol. The average Bonchev–Trinajstić information content (AvgIpc) is 2.87. The third kappa shape index (κ3) is 3.10. The van der Waals surface area contributed by atoms with Gasteiger partial charge in [0.1, 0.15) is 0 Å². The third-order valence-electron chi connectivity index (χ3n) is 3.69. The number of hydrogen-bond donors (Lipinski definition) is 0. The van der Waals surface area contributed by atoms with Crippen molar-refractivity contribution in [2.24, 2.45) is 0 Å². The molecule has 5 heteroatoms. The van der Waals surface area contributed by atoms with E-state index in [1.807, 2.05) is 0 Å². The van der Waals surface area contributed by atoms with Crippen molar-refractivity contribution < 1.29 is 9.31 Å². The standard InChI is InChI=1S/C14H21BO2S2/c1-6-18-10-11(12-8-7-9-19-12)15-16-13(2,3)14(4,5)17-15/h7-10H,6H2,1-5H3/b11-10+. The first-order valence-electron chi connectivity index (χ1n) is 6.58. The van der Waals surface area contributed by atoms with Gasteiger partial charge in [-0.3, -0.25) is 0 Å². The maximum absolute atomic E-state index is 6.15. The van der Waals surface area contributed by atoms with Gasteiger partial charge in [0.15, 0.2) is 0 Å². The normalized spacial score (nSPS) is 21.9. The van der Waals surface area contributed by atoms with Crippen molar-refractivity contribution in [1.82, 2.24) is 0 Å². The van der Waals surface area contributed by atoms with Gasteiger partial charge < -0.3 is 9.31 Å². The van der Waals surface area contributed by atoms with Crippen molar-refractivity contribution in [3.05, 3.63) is 27.8 Å². The molecule has 0 spiro atoms. The minimum absolute atomic E-state index is 0.275. The monoisotopic (exact) mass is 296 g/mol. The van der Waals surface area contributed by atoms with E-state index in [0.717, 1.165) is 11.2 Å². The van der Waals surface area contributed by atoms with Crippen molar-refractivity contribution in [1.29, 1.82) is 0 Å². The van der Waals surface area contributed by atoms with E-state index in [9.17, 15) is 0 Å². The molecule has 1 aromatic heterocycles. The van der Waals surface area contributed by atoms with Crippen LogP contribution in [0.2, 0.25) is 0 Å². The lowest BCUT2D eigenvalue weighted by molar-refractivity contribution is 0.00578. The molecule has 0 unspecified atom stereocenters. The van der Waals surface area contributed by atoms with Crippen LogP contribution in [-0.2, 0) is 9.31 Å². The summed E-state index contributed by atoms with van der Waals surface area (Å²) in [5.41, 5.74) is 0.566. The summed E-state index contributed by atoms with van der Waals surface area (Å²) in [6, 6.07) is 4.19. The summed E-state index contributed by atoms with van der Waals surface area (Å²) in [6.07, 6.45) is 0. The molecule has 1 aliphatic rings. The minimum Gasteiger partial charge on any atom is -0.399 e. The molecule has 19 heavy (non-hydrogen) atoms. The second-order valence-corrected chi connectivity index (χ2v) is 7.69. The van der Waals surface area contributed by atoms with Crippen LogP contribution >= 0.6 is 23.1 Å². The van der Waals surface area contributed by atoms with E-state index in [0.29, 0.717) is 0 Å². The molecule has 0 aliphatic carbocycles. The SMILES string of the molecule is CCS/C=C(/B1OC(C)(C)C(C)(C)O1)c1cccs1. The van der Waals surface area contributed by atoms with Crippen LogP contribution in [0.1, 0.15) is 39.5 Å². The van der Waals surface area contributed by atoms with Gasteiger partial charge in [0.05, 0.1) is 11.2 Å². The van der Waals surface area contributed by atoms with Gasteiger partial charge >= 0.3 is 7.12 Å². The lowest BCUT2D eigenvalue weighted by Crippen LogP contribution is -2.41. The van der Waals surface area contributed by atoms with Crippen molar-refractivity contribution in [2.75, 3.05) is 5.75 Å². The molecule has 0 amide bonds. The van der Waals surface area contributed by atoms with Gasteiger partial charge in [-0.2, -0.15) is 0 Å². The smallest absolute Gasteiger partial charge is 0.399 e. The summed E-state index contributed by atoms with van der Waals surface area (Å²) in [7, 11) is -0.275. The first-order chi connectivity index (χ1) is 8.87. The summed E-state index contributed by atoms with van der Waals surface area (Å²) in [4.78, 5) is 1.22. The van der Waals surface area contributed by atoms with Crippen LogP contribution in [0.5, 0.6) is 0 Å². The fraction of sp³-hybridized carbons (Fsp3) is 0.571. The zero-order valence-electron chi connectivity index (χ0n) is 12.2. The molecular weight excluding hydrogens is 275 g/mol. The van der Waals surface area contributed by atoms with Crippen molar-refractivity contribution in [3.63, 3.8) is 0 Å². The molecule has 0 radical (unpaired) electrons. The van der Waals surface area contributed by atoms with Gasteiger partial charge in [0.25, 0.3) is 0 Å². The van der Waals surface area contributed by atoms with Gasteiger partial charge in [0, 0.05) is 10.3 Å². The van der Waals surface area contributed by atoms with E-state index in [-0.39, 0.29) is 18.3 Å². The molecular formula is C14H21BO2S2. The summed E-state index contributed by atoms with van der Waals surface area (Å²) < 4.78 is 12.3. The third-order valence-corrected chi connectivity index (χ3v) is 5.36. The Bertz CT molecular complexity index is 436. The van der Waals surface area contributed by atoms with Gasteiger partial charge in [-0.05, 0) is 50.3 Å². The van der Waals surface area contributed by atoms with Gasteiger partial charge in [-0.15, -0.1) is 23.1 Å². The number of thiophene rings is 1. The topological polar surface area (TPSA) is 18.5 Å². The largest absolute Gasteiger partial charge is 0.496 e. The van der Waals surface area contributed by atoms with Crippen LogP contribution in [0, 0.1) is 0 Å². The summed E-state index contributed by atoms with van der Waals surface area (Å²) in [6.45, 7) is 10.5. The predicted octanol–water partition coefficient (Wildman–Crippen LogP) is 4.47. The highest BCUT2D eigenvalue weighted by Crippen LogP contribution is 2.41. The molecule has 2 heterocycles. The Balaban J connectivity index is 2.27. The van der Waals surface area contributed by atoms with Crippen LogP contribution in [0.15, 0.2) is 22.9 Å². The maximum Gasteiger partial charge on any atom is 0.496 e. The first-order valence-corrected chi connectivity index (χ1v) is 8.51. The van der Waals surface area contributed by atoms with E-state index in [4.69, 9.17) is 9.31 Å². The van der Waals surface area contributed by atoms with Gasteiger partial charge in [-0.1, -0.05) is 13.0 Å². The molecule has 1 saturated heterocycles. The molecule has 2 nitrogen and oxygen atoms in total. The molecule has 104 valence electrons. The second-order valence-electron chi connectivity index (χ2n) is 5.59. The highest BCUT2D eigenvalue weighted by molar-refractivity contribution is 8.02. The molecule has 1 fully saturated rings. The lowest BCUT2D eigenvalue weighted by Gasteiger charge is -2.32. The highest BCUT2D eigenvalue weighted by Gasteiger charge is 2.52. The second kappa shape index (κ2) is 5.64. The zero-order valence-corrected chi connectivity index (χ0v) is 13.9. The molecule has 0 atom stereocenters. The van der Waals surface area contributed by atoms with Crippen LogP contribution < -0.4 is 0 Å². The Morgan fingerprint density at radius 1 is 1.32 bits per heavy atom. The van der Waals surface area contributed by atoms with Crippen LogP contribution in [-0.4, -0.2) is 24.1 Å². The number of hydrogen-bond acceptors (Lipinski definition) is 4. The Morgan fingerprint density at radius 2 is 1.95 bits per heavy atom. The minimum atomic E-state index is -0.287. The zero-order chi connectivity index (χ0) is 14.1. The van der Waals surface area contributed by atoms with Crippen LogP contribution in [0.25, 0.3) is 5.47 Å². The molecule has 1 aliphatic heterocycles. The van der Waals surface area contributed by atoms with E-state index < -0.39 is 0 Å². The number of thioether (sulfide) groups is 1. The first kappa shape index (κ1) is 15.2. The molecule has 1 aromatic rings. The number of rotatable bonds is 4. The maximum atomic E-state index is 6.15. The van der Waals surface area contributed by atoms with Gasteiger partial charge in [-0.25, -0.2) is 0 Å². The fourth-order valence-electron chi connectivity index (χ4n) is 1.82. The van der Waals surface area contributed by atoms with E-state index >= 15 is 0 Å². The molecule has 0 bridgehead atoms. The Labute approximate surface area is 124 Å². The van der Waals surface area contributed by atoms with E-state index in [2.05, 4.69) is 57.5 Å². The Kier molecular flexibility index (Phi) is 4.50. The quantitative estimate of drug-likeness (QED) is 0.764. The predicted molar refractivity (Wildman–Crippen MR) is 86.5 cm³/mol. The summed E-state index contributed by atoms with van der Waals surface area (Å²) in [5.74, 6) is 1.05. The highest BCUT2D eigenvalue weighted by atomic mass is 32.2.